The number of hydrogen-bond acceptors (Lipinski definition) is 8. The number of carbonyl (C=O) groups excluding carboxylic acids is 4. The summed E-state index contributed by atoms with van der Waals surface area (Å²) < 4.78 is 0. The van der Waals surface area contributed by atoms with Gasteiger partial charge in [0.25, 0.3) is 0 Å². The molecule has 0 spiro atoms. The van der Waals surface area contributed by atoms with Crippen LogP contribution in [0.5, 0.6) is 0 Å². The molecule has 8 aromatic carbocycles. The molecule has 0 unspecified atom stereocenters. The SMILES string of the molecule is O=C([O-])c1ccc2ccccc2c1.O=C([O-])c1ccc2ccccc2c1.O=C([O-])c1ccc2ccccc2c1.O=C([O-])c1ccc2ccccc2c1.[Sn+4]. The number of rotatable bonds is 4. The van der Waals surface area contributed by atoms with E-state index in [9.17, 15) is 39.6 Å². The van der Waals surface area contributed by atoms with Crippen LogP contribution >= 0.6 is 0 Å². The molecule has 8 aromatic rings. The number of aromatic carboxylic acids is 4. The summed E-state index contributed by atoms with van der Waals surface area (Å²) in [5.74, 6) is -4.53. The van der Waals surface area contributed by atoms with E-state index in [-0.39, 0.29) is 46.2 Å². The maximum Gasteiger partial charge on any atom is 4.00 e. The van der Waals surface area contributed by atoms with Gasteiger partial charge in [-0.3, -0.25) is 0 Å². The van der Waals surface area contributed by atoms with Crippen molar-refractivity contribution in [2.45, 2.75) is 0 Å². The van der Waals surface area contributed by atoms with E-state index in [0.29, 0.717) is 0 Å². The van der Waals surface area contributed by atoms with Gasteiger partial charge >= 0.3 is 23.9 Å². The molecule has 0 atom stereocenters. The third-order valence-corrected chi connectivity index (χ3v) is 7.94. The van der Waals surface area contributed by atoms with Crippen LogP contribution in [0, 0.1) is 0 Å². The fraction of sp³-hybridized carbons (Fsp3) is 0. The summed E-state index contributed by atoms with van der Waals surface area (Å²) in [6.07, 6.45) is 0. The second-order valence-corrected chi connectivity index (χ2v) is 11.4. The maximum atomic E-state index is 10.5. The maximum absolute atomic E-state index is 10.5. The fourth-order valence-electron chi connectivity index (χ4n) is 5.27. The molecule has 0 N–H and O–H groups in total. The van der Waals surface area contributed by atoms with Gasteiger partial charge in [-0.25, -0.2) is 0 Å². The summed E-state index contributed by atoms with van der Waals surface area (Å²) in [5, 5.41) is 50.0. The van der Waals surface area contributed by atoms with E-state index in [2.05, 4.69) is 0 Å². The zero-order valence-electron chi connectivity index (χ0n) is 27.9. The third kappa shape index (κ3) is 10.7. The first-order chi connectivity index (χ1) is 25.1. The Balaban J connectivity index is 0.000000157. The zero-order valence-corrected chi connectivity index (χ0v) is 30.8. The number of carboxylic acids is 4. The van der Waals surface area contributed by atoms with Gasteiger partial charge in [-0.1, -0.05) is 146 Å². The summed E-state index contributed by atoms with van der Waals surface area (Å²) in [7, 11) is 0. The van der Waals surface area contributed by atoms with E-state index in [1.54, 1.807) is 72.8 Å². The third-order valence-electron chi connectivity index (χ3n) is 7.94. The normalized spacial score (nSPS) is 9.96. The molecule has 8 rings (SSSR count). The van der Waals surface area contributed by atoms with Crippen LogP contribution in [-0.4, -0.2) is 47.8 Å². The van der Waals surface area contributed by atoms with E-state index in [4.69, 9.17) is 0 Å². The smallest absolute Gasteiger partial charge is 0.545 e. The van der Waals surface area contributed by atoms with Crippen molar-refractivity contribution < 1.29 is 39.6 Å². The molecule has 256 valence electrons. The molecule has 0 fully saturated rings. The molecule has 0 aromatic heterocycles. The van der Waals surface area contributed by atoms with Crippen LogP contribution < -0.4 is 20.4 Å². The van der Waals surface area contributed by atoms with E-state index in [0.717, 1.165) is 43.1 Å². The Hall–Kier alpha value is -6.52. The van der Waals surface area contributed by atoms with Crippen molar-refractivity contribution in [3.63, 3.8) is 0 Å². The van der Waals surface area contributed by atoms with Gasteiger partial charge in [0, 0.05) is 0 Å². The minimum Gasteiger partial charge on any atom is -0.545 e. The summed E-state index contributed by atoms with van der Waals surface area (Å²) in [6, 6.07) is 50.2. The molecule has 8 nitrogen and oxygen atoms in total. The van der Waals surface area contributed by atoms with Gasteiger partial charge in [-0.2, -0.15) is 0 Å². The Morgan fingerprint density at radius 1 is 0.264 bits per heavy atom. The van der Waals surface area contributed by atoms with Crippen LogP contribution in [0.15, 0.2) is 170 Å². The van der Waals surface area contributed by atoms with Crippen molar-refractivity contribution >= 4 is 90.9 Å². The topological polar surface area (TPSA) is 161 Å². The van der Waals surface area contributed by atoms with Crippen LogP contribution in [0.3, 0.4) is 0 Å². The molecule has 0 bridgehead atoms. The molecule has 0 saturated carbocycles. The predicted octanol–water partition coefficient (Wildman–Crippen LogP) is 4.43. The second kappa shape index (κ2) is 18.6. The number of hydrogen-bond donors (Lipinski definition) is 0. The number of fused-ring (bicyclic) bond motifs is 4. The zero-order chi connectivity index (χ0) is 37.0. The Bertz CT molecular complexity index is 2210. The molecular weight excluding hydrogens is 775 g/mol. The van der Waals surface area contributed by atoms with E-state index < -0.39 is 23.9 Å². The second-order valence-electron chi connectivity index (χ2n) is 11.4. The van der Waals surface area contributed by atoms with Gasteiger partial charge in [0.2, 0.25) is 0 Å². The quantitative estimate of drug-likeness (QED) is 0.236. The van der Waals surface area contributed by atoms with Gasteiger partial charge in [-0.15, -0.1) is 0 Å². The first-order valence-corrected chi connectivity index (χ1v) is 15.9. The molecule has 0 aliphatic carbocycles. The molecule has 0 saturated heterocycles. The van der Waals surface area contributed by atoms with Gasteiger partial charge in [-0.05, 0) is 89.6 Å². The summed E-state index contributed by atoms with van der Waals surface area (Å²) in [4.78, 5) is 42.1. The van der Waals surface area contributed by atoms with Crippen molar-refractivity contribution in [2.24, 2.45) is 0 Å². The molecule has 9 heteroatoms. The van der Waals surface area contributed by atoms with Crippen molar-refractivity contribution in [1.82, 2.24) is 0 Å². The average Bonchev–Trinajstić information content (AvgIpc) is 3.17. The predicted molar refractivity (Wildman–Crippen MR) is 199 cm³/mol. The number of carboxylic acid groups (broad SMARTS) is 4. The number of benzene rings is 8. The Kier molecular flexibility index (Phi) is 13.8. The summed E-state index contributed by atoms with van der Waals surface area (Å²) >= 11 is 0. The molecule has 0 amide bonds. The minimum absolute atomic E-state index is 0. The van der Waals surface area contributed by atoms with Gasteiger partial charge in [0.05, 0.1) is 23.9 Å². The summed E-state index contributed by atoms with van der Waals surface area (Å²) in [5.41, 5.74) is 0.884. The van der Waals surface area contributed by atoms with Gasteiger partial charge in [0.1, 0.15) is 0 Å². The molecule has 0 radical (unpaired) electrons. The van der Waals surface area contributed by atoms with E-state index in [1.165, 1.54) is 0 Å². The number of carbonyl (C=O) groups is 4. The molecular formula is C44H28O8Sn. The molecule has 53 heavy (non-hydrogen) atoms. The van der Waals surface area contributed by atoms with Crippen LogP contribution in [-0.2, 0) is 0 Å². The van der Waals surface area contributed by atoms with Crippen molar-refractivity contribution in [3.8, 4) is 0 Å². The van der Waals surface area contributed by atoms with Crippen LogP contribution in [0.2, 0.25) is 0 Å². The van der Waals surface area contributed by atoms with E-state index >= 15 is 0 Å². The van der Waals surface area contributed by atoms with Crippen LogP contribution in [0.4, 0.5) is 0 Å². The average molecular weight is 803 g/mol. The van der Waals surface area contributed by atoms with Gasteiger partial charge < -0.3 is 39.6 Å². The Morgan fingerprint density at radius 3 is 0.604 bits per heavy atom. The fourth-order valence-corrected chi connectivity index (χ4v) is 5.27. The largest absolute Gasteiger partial charge is 4.00 e. The first-order valence-electron chi connectivity index (χ1n) is 15.9. The summed E-state index contributed by atoms with van der Waals surface area (Å²) in [6.45, 7) is 0. The van der Waals surface area contributed by atoms with Crippen molar-refractivity contribution in [3.05, 3.63) is 192 Å². The minimum atomic E-state index is -1.13. The first kappa shape index (κ1) is 39.3. The monoisotopic (exact) mass is 804 g/mol. The molecule has 0 aliphatic heterocycles. The molecule has 0 aliphatic rings. The van der Waals surface area contributed by atoms with E-state index in [1.807, 2.05) is 97.1 Å². The van der Waals surface area contributed by atoms with Crippen molar-refractivity contribution in [1.29, 1.82) is 0 Å². The standard InChI is InChI=1S/4C11H8O2.Sn/c4*12-11(13)10-6-5-8-3-1-2-4-9(8)7-10;/h4*1-7H,(H,12,13);/q;;;;+4/p-4. The molecule has 0 heterocycles. The van der Waals surface area contributed by atoms with Crippen LogP contribution in [0.1, 0.15) is 41.4 Å². The van der Waals surface area contributed by atoms with Gasteiger partial charge in [0.15, 0.2) is 0 Å². The van der Waals surface area contributed by atoms with Crippen molar-refractivity contribution in [2.75, 3.05) is 0 Å². The Labute approximate surface area is 321 Å². The van der Waals surface area contributed by atoms with Crippen LogP contribution in [0.25, 0.3) is 43.1 Å². The Morgan fingerprint density at radius 2 is 0.434 bits per heavy atom.